The smallest absolute Gasteiger partial charge is 0.303 e. The van der Waals surface area contributed by atoms with Crippen LogP contribution in [-0.4, -0.2) is 69.8 Å². The van der Waals surface area contributed by atoms with Gasteiger partial charge in [0.15, 0.2) is 0 Å². The maximum Gasteiger partial charge on any atom is 0.303 e. The van der Waals surface area contributed by atoms with Gasteiger partial charge in [-0.25, -0.2) is 9.59 Å². The van der Waals surface area contributed by atoms with Crippen LogP contribution in [-0.2, 0) is 19.2 Å². The molecule has 3 unspecified atom stereocenters. The van der Waals surface area contributed by atoms with Crippen molar-refractivity contribution < 1.29 is 39.6 Å². The van der Waals surface area contributed by atoms with Crippen molar-refractivity contribution in [3.8, 4) is 0 Å². The molecule has 226 valence electrons. The summed E-state index contributed by atoms with van der Waals surface area (Å²) in [5, 5.41) is 32.3. The Morgan fingerprint density at radius 2 is 1.45 bits per heavy atom. The molecule has 1 aliphatic carbocycles. The Labute approximate surface area is 236 Å². The highest BCUT2D eigenvalue weighted by atomic mass is 16.4. The normalized spacial score (nSPS) is 19.3. The van der Waals surface area contributed by atoms with Crippen LogP contribution in [0.2, 0.25) is 0 Å². The Morgan fingerprint density at radius 3 is 1.75 bits per heavy atom. The van der Waals surface area contributed by atoms with Crippen LogP contribution >= 0.6 is 0 Å². The summed E-state index contributed by atoms with van der Waals surface area (Å²) in [6, 6.07) is 5.29. The molecule has 0 spiro atoms. The topological polar surface area (TPSA) is 226 Å². The monoisotopic (exact) mass is 566 g/mol. The number of aliphatic hydroxyl groups is 2. The van der Waals surface area contributed by atoms with Crippen molar-refractivity contribution in [2.45, 2.75) is 91.7 Å². The molecule has 1 aliphatic rings. The highest BCUT2D eigenvalue weighted by Crippen LogP contribution is 2.44. The van der Waals surface area contributed by atoms with Crippen LogP contribution in [0.15, 0.2) is 28.2 Å². The summed E-state index contributed by atoms with van der Waals surface area (Å²) in [6.45, 7) is 10.7. The van der Waals surface area contributed by atoms with Crippen LogP contribution in [0.5, 0.6) is 0 Å². The third-order valence-electron chi connectivity index (χ3n) is 5.87. The largest absolute Gasteiger partial charge is 0.481 e. The molecule has 1 saturated carbocycles. The number of rotatable bonds is 9. The molecule has 0 bridgehead atoms. The van der Waals surface area contributed by atoms with Crippen molar-refractivity contribution in [3.05, 3.63) is 23.8 Å². The number of hydrogen-bond acceptors (Lipinski definition) is 10. The molecule has 0 radical (unpaired) electrons. The van der Waals surface area contributed by atoms with E-state index in [4.69, 9.17) is 31.9 Å². The van der Waals surface area contributed by atoms with Gasteiger partial charge in [0.25, 0.3) is 0 Å². The number of carboxylic acid groups (broad SMARTS) is 2. The molecule has 0 aliphatic heterocycles. The summed E-state index contributed by atoms with van der Waals surface area (Å²) in [5.41, 5.74) is 14.0. The second kappa shape index (κ2) is 20.6. The van der Waals surface area contributed by atoms with E-state index in [9.17, 15) is 19.2 Å². The number of isocyanates is 2. The fourth-order valence-corrected chi connectivity index (χ4v) is 4.37. The van der Waals surface area contributed by atoms with E-state index in [0.717, 1.165) is 19.4 Å². The van der Waals surface area contributed by atoms with E-state index in [2.05, 4.69) is 30.8 Å². The Morgan fingerprint density at radius 1 is 1.02 bits per heavy atom. The fraction of sp³-hybridized carbons (Fsp3) is 0.643. The van der Waals surface area contributed by atoms with Gasteiger partial charge in [-0.3, -0.25) is 9.59 Å². The second-order valence-corrected chi connectivity index (χ2v) is 10.9. The van der Waals surface area contributed by atoms with Crippen molar-refractivity contribution >= 4 is 35.5 Å². The highest BCUT2D eigenvalue weighted by Gasteiger charge is 2.38. The number of hydrogen-bond donors (Lipinski definition) is 6. The van der Waals surface area contributed by atoms with E-state index in [1.807, 2.05) is 0 Å². The van der Waals surface area contributed by atoms with Gasteiger partial charge >= 0.3 is 11.9 Å². The van der Waals surface area contributed by atoms with Crippen molar-refractivity contribution in [2.24, 2.45) is 32.3 Å². The summed E-state index contributed by atoms with van der Waals surface area (Å²) >= 11 is 0. The summed E-state index contributed by atoms with van der Waals surface area (Å²) in [5.74, 6) is -1.74. The zero-order valence-electron chi connectivity index (χ0n) is 24.2. The molecular formula is C28H46N4O8. The van der Waals surface area contributed by atoms with Crippen LogP contribution < -0.4 is 11.5 Å². The maximum absolute atomic E-state index is 10.00. The molecule has 0 heterocycles. The van der Waals surface area contributed by atoms with Crippen LogP contribution in [0.4, 0.5) is 11.4 Å². The number of carboxylic acids is 2. The van der Waals surface area contributed by atoms with E-state index in [1.165, 1.54) is 25.5 Å². The van der Waals surface area contributed by atoms with E-state index in [0.29, 0.717) is 41.2 Å². The number of carbonyl (C=O) groups excluding carboxylic acids is 2. The number of nitrogens with two attached hydrogens (primary N) is 2. The van der Waals surface area contributed by atoms with Gasteiger partial charge in [0.2, 0.25) is 12.2 Å². The first-order valence-electron chi connectivity index (χ1n) is 13.0. The number of benzene rings is 1. The predicted octanol–water partition coefficient (Wildman–Crippen LogP) is 3.49. The molecule has 3 atom stereocenters. The van der Waals surface area contributed by atoms with E-state index >= 15 is 0 Å². The summed E-state index contributed by atoms with van der Waals surface area (Å²) in [6.07, 6.45) is 6.76. The first kappa shape index (κ1) is 38.9. The third-order valence-corrected chi connectivity index (χ3v) is 5.87. The van der Waals surface area contributed by atoms with Gasteiger partial charge in [0.05, 0.1) is 24.1 Å². The summed E-state index contributed by atoms with van der Waals surface area (Å²) in [4.78, 5) is 46.7. The van der Waals surface area contributed by atoms with Gasteiger partial charge in [-0.1, -0.05) is 26.8 Å². The lowest BCUT2D eigenvalue weighted by atomic mass is 9.63. The standard InChI is InChI=1S/C10H22N2.C9H6N2O2.C6H10O4.C3H8O2/c1-9(2)4-8(12)5-10(3,6-9)7-11;1-7-8(10-5-12)3-2-4-9(7)11-6-13;7-5(8)3-1-2-4-6(9)10;1-3(5)2-4/h8H,4-7,11-12H2,1-3H3;2-4H,1H3;1-4H2,(H,7,8)(H,9,10);3-5H,2H2,1H3. The van der Waals surface area contributed by atoms with Crippen LogP contribution in [0.3, 0.4) is 0 Å². The molecule has 0 saturated heterocycles. The third kappa shape index (κ3) is 19.8. The van der Waals surface area contributed by atoms with Gasteiger partial charge < -0.3 is 31.9 Å². The Balaban J connectivity index is 0. The van der Waals surface area contributed by atoms with Crippen molar-refractivity contribution in [2.75, 3.05) is 13.2 Å². The van der Waals surface area contributed by atoms with Crippen molar-refractivity contribution in [1.29, 1.82) is 0 Å². The van der Waals surface area contributed by atoms with Crippen LogP contribution in [0, 0.1) is 17.8 Å². The molecule has 12 heteroatoms. The minimum Gasteiger partial charge on any atom is -0.481 e. The number of aliphatic imine (C=N–C) groups is 2. The quantitative estimate of drug-likeness (QED) is 0.145. The lowest BCUT2D eigenvalue weighted by molar-refractivity contribution is -0.139. The minimum atomic E-state index is -0.870. The van der Waals surface area contributed by atoms with Crippen LogP contribution in [0.25, 0.3) is 0 Å². The Bertz CT molecular complexity index is 950. The van der Waals surface area contributed by atoms with Crippen molar-refractivity contribution in [1.82, 2.24) is 0 Å². The highest BCUT2D eigenvalue weighted by molar-refractivity contribution is 5.68. The first-order valence-corrected chi connectivity index (χ1v) is 13.0. The molecule has 40 heavy (non-hydrogen) atoms. The average molecular weight is 567 g/mol. The average Bonchev–Trinajstić information content (AvgIpc) is 2.84. The van der Waals surface area contributed by atoms with E-state index in [1.54, 1.807) is 25.1 Å². The molecule has 1 fully saturated rings. The molecule has 12 nitrogen and oxygen atoms in total. The Kier molecular flexibility index (Phi) is 20.1. The van der Waals surface area contributed by atoms with Gasteiger partial charge in [-0.15, -0.1) is 0 Å². The molecule has 8 N–H and O–H groups in total. The van der Waals surface area contributed by atoms with E-state index in [-0.39, 0.29) is 24.9 Å². The SMILES string of the molecule is CC(O)CO.CC1(C)CC(N)CC(C)(CN)C1.Cc1c(N=C=O)cccc1N=C=O.O=C(O)CCCCC(=O)O. The van der Waals surface area contributed by atoms with Crippen molar-refractivity contribution in [3.63, 3.8) is 0 Å². The fourth-order valence-electron chi connectivity index (χ4n) is 4.37. The lowest BCUT2D eigenvalue weighted by Gasteiger charge is -2.45. The summed E-state index contributed by atoms with van der Waals surface area (Å²) < 4.78 is 0. The Hall–Kier alpha value is -3.24. The minimum absolute atomic E-state index is 0.0628. The number of aliphatic hydroxyl groups excluding tert-OH is 2. The van der Waals surface area contributed by atoms with Gasteiger partial charge in [-0.05, 0) is 75.5 Å². The first-order chi connectivity index (χ1) is 18.6. The number of aliphatic carboxylic acids is 2. The van der Waals surface area contributed by atoms with E-state index < -0.39 is 18.0 Å². The number of unbranched alkanes of at least 4 members (excludes halogenated alkanes) is 1. The second-order valence-electron chi connectivity index (χ2n) is 10.9. The molecule has 0 amide bonds. The molecule has 1 aromatic rings. The number of nitrogens with zero attached hydrogens (tertiary/aromatic N) is 2. The molecule has 1 aromatic carbocycles. The number of carbonyl (C=O) groups is 2. The maximum atomic E-state index is 10.00. The zero-order valence-corrected chi connectivity index (χ0v) is 24.2. The molecule has 0 aromatic heterocycles. The van der Waals surface area contributed by atoms with Gasteiger partial charge in [0.1, 0.15) is 0 Å². The van der Waals surface area contributed by atoms with Gasteiger partial charge in [-0.2, -0.15) is 9.98 Å². The lowest BCUT2D eigenvalue weighted by Crippen LogP contribution is -2.45. The van der Waals surface area contributed by atoms with Crippen LogP contribution in [0.1, 0.15) is 78.2 Å². The van der Waals surface area contributed by atoms with Gasteiger partial charge in [0, 0.05) is 24.4 Å². The molecular weight excluding hydrogens is 520 g/mol. The molecule has 2 rings (SSSR count). The predicted molar refractivity (Wildman–Crippen MR) is 152 cm³/mol. The summed E-state index contributed by atoms with van der Waals surface area (Å²) in [7, 11) is 0. The zero-order chi connectivity index (χ0) is 31.4.